The van der Waals surface area contributed by atoms with E-state index in [1.54, 1.807) is 0 Å². The van der Waals surface area contributed by atoms with Gasteiger partial charge >= 0.3 is 0 Å². The van der Waals surface area contributed by atoms with Crippen LogP contribution in [0.4, 0.5) is 0 Å². The highest BCUT2D eigenvalue weighted by Gasteiger charge is 2.04. The molecule has 54 valence electrons. The van der Waals surface area contributed by atoms with E-state index in [1.807, 2.05) is 13.8 Å². The SMILES string of the molecule is CCC(=O)CC(C)CO. The third kappa shape index (κ3) is 4.15. The molecule has 2 nitrogen and oxygen atoms in total. The van der Waals surface area contributed by atoms with Gasteiger partial charge in [-0.2, -0.15) is 0 Å². The first kappa shape index (κ1) is 8.63. The van der Waals surface area contributed by atoms with Crippen molar-refractivity contribution in [3.05, 3.63) is 0 Å². The van der Waals surface area contributed by atoms with Gasteiger partial charge in [0.25, 0.3) is 0 Å². The van der Waals surface area contributed by atoms with E-state index in [1.165, 1.54) is 0 Å². The Bertz CT molecular complexity index is 88.9. The summed E-state index contributed by atoms with van der Waals surface area (Å²) in [7, 11) is 0. The lowest BCUT2D eigenvalue weighted by Gasteiger charge is -2.03. The average Bonchev–Trinajstić information content (AvgIpc) is 1.87. The maximum Gasteiger partial charge on any atom is 0.132 e. The minimum atomic E-state index is 0.117. The van der Waals surface area contributed by atoms with Crippen LogP contribution in [0.2, 0.25) is 0 Å². The molecule has 0 heterocycles. The number of rotatable bonds is 4. The van der Waals surface area contributed by atoms with E-state index in [0.717, 1.165) is 0 Å². The molecule has 0 aromatic heterocycles. The number of hydrogen-bond acceptors (Lipinski definition) is 2. The molecule has 0 aliphatic heterocycles. The van der Waals surface area contributed by atoms with Crippen molar-refractivity contribution in [1.29, 1.82) is 0 Å². The Morgan fingerprint density at radius 2 is 2.22 bits per heavy atom. The summed E-state index contributed by atoms with van der Waals surface area (Å²) in [4.78, 5) is 10.7. The fourth-order valence-corrected chi connectivity index (χ4v) is 0.598. The zero-order valence-corrected chi connectivity index (χ0v) is 6.05. The molecule has 2 heteroatoms. The van der Waals surface area contributed by atoms with Crippen molar-refractivity contribution in [2.24, 2.45) is 5.92 Å². The summed E-state index contributed by atoms with van der Waals surface area (Å²) in [6.07, 6.45) is 1.11. The predicted octanol–water partition coefficient (Wildman–Crippen LogP) is 0.984. The molecule has 0 amide bonds. The summed E-state index contributed by atoms with van der Waals surface area (Å²) in [5.41, 5.74) is 0. The zero-order chi connectivity index (χ0) is 7.28. The van der Waals surface area contributed by atoms with Crippen LogP contribution in [0.5, 0.6) is 0 Å². The number of ketones is 1. The molecule has 0 fully saturated rings. The van der Waals surface area contributed by atoms with Gasteiger partial charge in [-0.1, -0.05) is 13.8 Å². The van der Waals surface area contributed by atoms with E-state index in [2.05, 4.69) is 0 Å². The quantitative estimate of drug-likeness (QED) is 0.616. The Kier molecular flexibility index (Phi) is 4.32. The van der Waals surface area contributed by atoms with Gasteiger partial charge in [0.1, 0.15) is 5.78 Å². The van der Waals surface area contributed by atoms with Gasteiger partial charge in [-0.05, 0) is 5.92 Å². The van der Waals surface area contributed by atoms with E-state index in [9.17, 15) is 4.79 Å². The molecule has 0 aliphatic carbocycles. The maximum atomic E-state index is 10.7. The summed E-state index contributed by atoms with van der Waals surface area (Å²) in [5, 5.41) is 8.53. The van der Waals surface area contributed by atoms with Gasteiger partial charge in [0.2, 0.25) is 0 Å². The Hall–Kier alpha value is -0.370. The Balaban J connectivity index is 3.34. The fourth-order valence-electron chi connectivity index (χ4n) is 0.598. The summed E-state index contributed by atoms with van der Waals surface area (Å²) in [5.74, 6) is 0.369. The Morgan fingerprint density at radius 3 is 2.56 bits per heavy atom. The van der Waals surface area contributed by atoms with Gasteiger partial charge < -0.3 is 5.11 Å². The molecule has 0 aromatic rings. The van der Waals surface area contributed by atoms with E-state index in [-0.39, 0.29) is 18.3 Å². The highest BCUT2D eigenvalue weighted by molar-refractivity contribution is 5.78. The maximum absolute atomic E-state index is 10.7. The second-order valence-corrected chi connectivity index (χ2v) is 2.38. The average molecular weight is 130 g/mol. The van der Waals surface area contributed by atoms with Crippen molar-refractivity contribution >= 4 is 5.78 Å². The normalized spacial score (nSPS) is 13.2. The van der Waals surface area contributed by atoms with Crippen LogP contribution in [0, 0.1) is 5.92 Å². The Morgan fingerprint density at radius 1 is 1.67 bits per heavy atom. The van der Waals surface area contributed by atoms with E-state index in [4.69, 9.17) is 5.11 Å². The van der Waals surface area contributed by atoms with Crippen LogP contribution in [0.3, 0.4) is 0 Å². The largest absolute Gasteiger partial charge is 0.396 e. The van der Waals surface area contributed by atoms with Crippen molar-refractivity contribution in [1.82, 2.24) is 0 Å². The molecule has 0 bridgehead atoms. The molecule has 0 aliphatic rings. The minimum absolute atomic E-state index is 0.117. The van der Waals surface area contributed by atoms with Crippen molar-refractivity contribution < 1.29 is 9.90 Å². The van der Waals surface area contributed by atoms with Crippen LogP contribution < -0.4 is 0 Å². The van der Waals surface area contributed by atoms with Crippen molar-refractivity contribution in [3.63, 3.8) is 0 Å². The van der Waals surface area contributed by atoms with Crippen molar-refractivity contribution in [2.75, 3.05) is 6.61 Å². The lowest BCUT2D eigenvalue weighted by molar-refractivity contribution is -0.119. The van der Waals surface area contributed by atoms with Crippen LogP contribution in [0.1, 0.15) is 26.7 Å². The van der Waals surface area contributed by atoms with Gasteiger partial charge in [0.05, 0.1) is 0 Å². The molecule has 1 atom stereocenters. The minimum Gasteiger partial charge on any atom is -0.396 e. The number of aliphatic hydroxyl groups excluding tert-OH is 1. The van der Waals surface area contributed by atoms with Gasteiger partial charge in [-0.15, -0.1) is 0 Å². The van der Waals surface area contributed by atoms with Crippen LogP contribution in [0.25, 0.3) is 0 Å². The standard InChI is InChI=1S/C7H14O2/c1-3-7(9)4-6(2)5-8/h6,8H,3-5H2,1-2H3. The molecule has 0 saturated heterocycles. The topological polar surface area (TPSA) is 37.3 Å². The number of carbonyl (C=O) groups excluding carboxylic acids is 1. The number of carbonyl (C=O) groups is 1. The summed E-state index contributed by atoms with van der Waals surface area (Å²) >= 11 is 0. The van der Waals surface area contributed by atoms with Gasteiger partial charge in [-0.25, -0.2) is 0 Å². The molecule has 1 N–H and O–H groups in total. The number of aliphatic hydroxyl groups is 1. The third-order valence-corrected chi connectivity index (χ3v) is 1.28. The third-order valence-electron chi connectivity index (χ3n) is 1.28. The van der Waals surface area contributed by atoms with E-state index >= 15 is 0 Å². The molecule has 1 unspecified atom stereocenters. The lowest BCUT2D eigenvalue weighted by atomic mass is 10.1. The number of Topliss-reactive ketones (excluding diaryl/α,β-unsaturated/α-hetero) is 1. The highest BCUT2D eigenvalue weighted by atomic mass is 16.3. The van der Waals surface area contributed by atoms with Crippen LogP contribution in [-0.4, -0.2) is 17.5 Å². The van der Waals surface area contributed by atoms with E-state index < -0.39 is 0 Å². The van der Waals surface area contributed by atoms with Gasteiger partial charge in [0.15, 0.2) is 0 Å². The molecular formula is C7H14O2. The summed E-state index contributed by atoms with van der Waals surface area (Å²) < 4.78 is 0. The zero-order valence-electron chi connectivity index (χ0n) is 6.05. The smallest absolute Gasteiger partial charge is 0.132 e. The van der Waals surface area contributed by atoms with Gasteiger partial charge in [-0.3, -0.25) is 4.79 Å². The Labute approximate surface area is 55.9 Å². The van der Waals surface area contributed by atoms with Crippen LogP contribution in [0.15, 0.2) is 0 Å². The van der Waals surface area contributed by atoms with Crippen LogP contribution >= 0.6 is 0 Å². The predicted molar refractivity (Wildman–Crippen MR) is 36.2 cm³/mol. The first-order valence-corrected chi connectivity index (χ1v) is 3.33. The first-order valence-electron chi connectivity index (χ1n) is 3.33. The number of hydrogen-bond donors (Lipinski definition) is 1. The first-order chi connectivity index (χ1) is 4.20. The van der Waals surface area contributed by atoms with Crippen molar-refractivity contribution in [2.45, 2.75) is 26.7 Å². The monoisotopic (exact) mass is 130 g/mol. The molecular weight excluding hydrogens is 116 g/mol. The second kappa shape index (κ2) is 4.50. The molecule has 0 radical (unpaired) electrons. The molecule has 0 saturated carbocycles. The molecule has 0 rings (SSSR count). The molecule has 9 heavy (non-hydrogen) atoms. The van der Waals surface area contributed by atoms with E-state index in [0.29, 0.717) is 12.8 Å². The lowest BCUT2D eigenvalue weighted by Crippen LogP contribution is -2.07. The fraction of sp³-hybridized carbons (Fsp3) is 0.857. The van der Waals surface area contributed by atoms with Crippen LogP contribution in [-0.2, 0) is 4.79 Å². The highest BCUT2D eigenvalue weighted by Crippen LogP contribution is 2.01. The molecule has 0 aromatic carbocycles. The summed E-state index contributed by atoms with van der Waals surface area (Å²) in [6, 6.07) is 0. The summed E-state index contributed by atoms with van der Waals surface area (Å²) in [6.45, 7) is 3.83. The molecule has 0 spiro atoms. The second-order valence-electron chi connectivity index (χ2n) is 2.38. The van der Waals surface area contributed by atoms with Crippen molar-refractivity contribution in [3.8, 4) is 0 Å². The van der Waals surface area contributed by atoms with Gasteiger partial charge in [0, 0.05) is 19.4 Å².